The number of ether oxygens (including phenoxy) is 2. The summed E-state index contributed by atoms with van der Waals surface area (Å²) >= 11 is 0. The van der Waals surface area contributed by atoms with E-state index in [1.807, 2.05) is 24.3 Å². The fraction of sp³-hybridized carbons (Fsp3) is 0.250. The second-order valence-corrected chi connectivity index (χ2v) is 8.61. The fourth-order valence-electron chi connectivity index (χ4n) is 4.42. The fourth-order valence-corrected chi connectivity index (χ4v) is 4.42. The summed E-state index contributed by atoms with van der Waals surface area (Å²) < 4.78 is 11.0. The topological polar surface area (TPSA) is 84.0 Å². The Morgan fingerprint density at radius 3 is 2.58 bits per heavy atom. The number of pyridine rings is 1. The Labute approximate surface area is 209 Å². The molecule has 1 unspecified atom stereocenters. The van der Waals surface area contributed by atoms with Gasteiger partial charge in [-0.05, 0) is 36.4 Å². The van der Waals surface area contributed by atoms with Crippen LogP contribution in [-0.4, -0.2) is 60.7 Å². The lowest BCUT2D eigenvalue weighted by Crippen LogP contribution is -2.51. The number of carbonyl (C=O) groups is 2. The van der Waals surface area contributed by atoms with Crippen LogP contribution in [0.3, 0.4) is 0 Å². The van der Waals surface area contributed by atoms with Crippen LogP contribution < -0.4 is 19.7 Å². The standard InChI is InChI=1S/C28H26N4O4/c1-3-22-10-8-21(17-29-22)23-6-4-5-7-24(23)31-12-14-32(15-13-31)27(33)18-30-28(34)20-9-11-25-26(16-20)36-19(2)35-25/h1,4-11,16-17,19H,12-15,18H2,2H3,(H,30,34). The zero-order chi connectivity index (χ0) is 25.1. The maximum Gasteiger partial charge on any atom is 0.251 e. The predicted molar refractivity (Wildman–Crippen MR) is 136 cm³/mol. The molecule has 0 saturated carbocycles. The Balaban J connectivity index is 1.17. The van der Waals surface area contributed by atoms with Crippen LogP contribution >= 0.6 is 0 Å². The van der Waals surface area contributed by atoms with E-state index in [4.69, 9.17) is 15.9 Å². The Kier molecular flexibility index (Phi) is 6.46. The number of nitrogens with zero attached hydrogens (tertiary/aromatic N) is 3. The maximum atomic E-state index is 12.8. The minimum absolute atomic E-state index is 0.0620. The Hall–Kier alpha value is -4.51. The highest BCUT2D eigenvalue weighted by molar-refractivity contribution is 5.97. The average Bonchev–Trinajstić information content (AvgIpc) is 3.31. The van der Waals surface area contributed by atoms with Crippen LogP contribution in [0.15, 0.2) is 60.8 Å². The van der Waals surface area contributed by atoms with E-state index in [9.17, 15) is 9.59 Å². The molecule has 0 bridgehead atoms. The number of nitrogens with one attached hydrogen (secondary N) is 1. The van der Waals surface area contributed by atoms with E-state index >= 15 is 0 Å². The number of rotatable bonds is 5. The molecule has 2 aliphatic rings. The number of piperazine rings is 1. The minimum atomic E-state index is -0.379. The molecule has 0 aliphatic carbocycles. The molecule has 182 valence electrons. The van der Waals surface area contributed by atoms with E-state index in [2.05, 4.69) is 33.3 Å². The molecular formula is C28H26N4O4. The van der Waals surface area contributed by atoms with Crippen molar-refractivity contribution in [2.75, 3.05) is 37.6 Å². The van der Waals surface area contributed by atoms with Crippen LogP contribution in [0.2, 0.25) is 0 Å². The van der Waals surface area contributed by atoms with Gasteiger partial charge in [-0.25, -0.2) is 4.98 Å². The first-order valence-corrected chi connectivity index (χ1v) is 11.8. The van der Waals surface area contributed by atoms with E-state index in [0.29, 0.717) is 48.9 Å². The van der Waals surface area contributed by atoms with Crippen molar-refractivity contribution in [1.82, 2.24) is 15.2 Å². The molecule has 2 aromatic carbocycles. The van der Waals surface area contributed by atoms with Crippen molar-refractivity contribution in [3.63, 3.8) is 0 Å². The average molecular weight is 483 g/mol. The summed E-state index contributed by atoms with van der Waals surface area (Å²) in [4.78, 5) is 33.7. The highest BCUT2D eigenvalue weighted by Crippen LogP contribution is 2.35. The number of hydrogen-bond acceptors (Lipinski definition) is 6. The third-order valence-electron chi connectivity index (χ3n) is 6.29. The SMILES string of the molecule is C#Cc1ccc(-c2ccccc2N2CCN(C(=O)CNC(=O)c3ccc4c(c3)OC(C)O4)CC2)cn1. The number of hydrogen-bond donors (Lipinski definition) is 1. The maximum absolute atomic E-state index is 12.8. The number of anilines is 1. The summed E-state index contributed by atoms with van der Waals surface area (Å²) in [6.07, 6.45) is 6.84. The molecule has 0 radical (unpaired) electrons. The smallest absolute Gasteiger partial charge is 0.251 e. The van der Waals surface area contributed by atoms with Gasteiger partial charge in [-0.15, -0.1) is 6.42 Å². The van der Waals surface area contributed by atoms with Crippen LogP contribution in [0, 0.1) is 12.3 Å². The summed E-state index contributed by atoms with van der Waals surface area (Å²) in [6.45, 7) is 4.23. The van der Waals surface area contributed by atoms with Crippen molar-refractivity contribution in [3.8, 4) is 35.0 Å². The number of amides is 2. The third kappa shape index (κ3) is 4.82. The Bertz CT molecular complexity index is 1320. The number of fused-ring (bicyclic) bond motifs is 1. The van der Waals surface area contributed by atoms with Crippen LogP contribution in [-0.2, 0) is 4.79 Å². The quantitative estimate of drug-likeness (QED) is 0.563. The Morgan fingerprint density at radius 1 is 1.06 bits per heavy atom. The summed E-state index contributed by atoms with van der Waals surface area (Å²) in [7, 11) is 0. The van der Waals surface area contributed by atoms with Crippen molar-refractivity contribution in [1.29, 1.82) is 0 Å². The van der Waals surface area contributed by atoms with Gasteiger partial charge in [-0.2, -0.15) is 0 Å². The molecule has 3 aromatic rings. The second kappa shape index (κ2) is 10.0. The highest BCUT2D eigenvalue weighted by atomic mass is 16.7. The molecule has 1 aromatic heterocycles. The normalized spacial score (nSPS) is 16.4. The molecule has 2 amide bonds. The van der Waals surface area contributed by atoms with Gasteiger partial charge in [-0.1, -0.05) is 24.1 Å². The van der Waals surface area contributed by atoms with Crippen LogP contribution in [0.4, 0.5) is 5.69 Å². The van der Waals surface area contributed by atoms with Crippen molar-refractivity contribution in [3.05, 3.63) is 72.1 Å². The number of terminal acetylenes is 1. The number of carbonyl (C=O) groups excluding carboxylic acids is 2. The van der Waals surface area contributed by atoms with E-state index in [1.165, 1.54) is 0 Å². The van der Waals surface area contributed by atoms with E-state index in [0.717, 1.165) is 16.8 Å². The van der Waals surface area contributed by atoms with Crippen LogP contribution in [0.1, 0.15) is 23.0 Å². The van der Waals surface area contributed by atoms with Crippen molar-refractivity contribution < 1.29 is 19.1 Å². The zero-order valence-corrected chi connectivity index (χ0v) is 19.9. The van der Waals surface area contributed by atoms with Gasteiger partial charge in [0.25, 0.3) is 5.91 Å². The highest BCUT2D eigenvalue weighted by Gasteiger charge is 2.24. The number of aromatic nitrogens is 1. The summed E-state index contributed by atoms with van der Waals surface area (Å²) in [5, 5.41) is 2.72. The van der Waals surface area contributed by atoms with Gasteiger partial charge >= 0.3 is 0 Å². The van der Waals surface area contributed by atoms with Gasteiger partial charge in [0.15, 0.2) is 11.5 Å². The lowest BCUT2D eigenvalue weighted by atomic mass is 10.0. The van der Waals surface area contributed by atoms with Crippen LogP contribution in [0.25, 0.3) is 11.1 Å². The van der Waals surface area contributed by atoms with Gasteiger partial charge in [0, 0.05) is 61.7 Å². The lowest BCUT2D eigenvalue weighted by molar-refractivity contribution is -0.130. The molecule has 36 heavy (non-hydrogen) atoms. The summed E-state index contributed by atoms with van der Waals surface area (Å²) in [6, 6.07) is 16.9. The molecule has 8 nitrogen and oxygen atoms in total. The summed E-state index contributed by atoms with van der Waals surface area (Å²) in [5.74, 6) is 3.24. The van der Waals surface area contributed by atoms with Gasteiger partial charge in [-0.3, -0.25) is 9.59 Å². The molecule has 5 rings (SSSR count). The van der Waals surface area contributed by atoms with Crippen molar-refractivity contribution in [2.24, 2.45) is 0 Å². The monoisotopic (exact) mass is 482 g/mol. The molecule has 0 spiro atoms. The van der Waals surface area contributed by atoms with Gasteiger partial charge in [0.1, 0.15) is 5.69 Å². The first kappa shape index (κ1) is 23.2. The minimum Gasteiger partial charge on any atom is -0.451 e. The molecule has 3 heterocycles. The number of para-hydroxylation sites is 1. The first-order valence-electron chi connectivity index (χ1n) is 11.8. The molecule has 2 aliphatic heterocycles. The largest absolute Gasteiger partial charge is 0.451 e. The Morgan fingerprint density at radius 2 is 1.83 bits per heavy atom. The lowest BCUT2D eigenvalue weighted by Gasteiger charge is -2.37. The zero-order valence-electron chi connectivity index (χ0n) is 19.9. The van der Waals surface area contributed by atoms with Crippen molar-refractivity contribution in [2.45, 2.75) is 13.2 Å². The molecule has 1 fully saturated rings. The molecule has 1 atom stereocenters. The van der Waals surface area contributed by atoms with Crippen molar-refractivity contribution >= 4 is 17.5 Å². The molecular weight excluding hydrogens is 456 g/mol. The molecule has 1 N–H and O–H groups in total. The second-order valence-electron chi connectivity index (χ2n) is 8.61. The number of benzene rings is 2. The molecule has 1 saturated heterocycles. The van der Waals surface area contributed by atoms with Gasteiger partial charge in [0.2, 0.25) is 12.2 Å². The first-order chi connectivity index (χ1) is 17.5. The van der Waals surface area contributed by atoms with E-state index in [1.54, 1.807) is 36.2 Å². The van der Waals surface area contributed by atoms with Crippen LogP contribution in [0.5, 0.6) is 11.5 Å². The van der Waals surface area contributed by atoms with E-state index in [-0.39, 0.29) is 24.6 Å². The molecule has 8 heteroatoms. The summed E-state index contributed by atoms with van der Waals surface area (Å²) in [5.41, 5.74) is 4.17. The predicted octanol–water partition coefficient (Wildman–Crippen LogP) is 2.93. The van der Waals surface area contributed by atoms with Gasteiger partial charge < -0.3 is 24.6 Å². The third-order valence-corrected chi connectivity index (χ3v) is 6.29. The van der Waals surface area contributed by atoms with E-state index < -0.39 is 0 Å². The van der Waals surface area contributed by atoms with Gasteiger partial charge in [0.05, 0.1) is 6.54 Å².